The van der Waals surface area contributed by atoms with E-state index < -0.39 is 0 Å². The van der Waals surface area contributed by atoms with Gasteiger partial charge in [0.25, 0.3) is 0 Å². The van der Waals surface area contributed by atoms with Crippen LogP contribution in [0, 0.1) is 5.82 Å². The highest BCUT2D eigenvalue weighted by Crippen LogP contribution is 2.21. The van der Waals surface area contributed by atoms with E-state index in [1.165, 1.54) is 6.07 Å². The van der Waals surface area contributed by atoms with Crippen LogP contribution in [0.3, 0.4) is 0 Å². The maximum atomic E-state index is 13.2. The first kappa shape index (κ1) is 13.0. The van der Waals surface area contributed by atoms with Crippen molar-refractivity contribution in [2.45, 2.75) is 27.3 Å². The van der Waals surface area contributed by atoms with Crippen LogP contribution in [0.2, 0.25) is 0 Å². The molecule has 0 fully saturated rings. The highest BCUT2D eigenvalue weighted by atomic mass is 19.1. The van der Waals surface area contributed by atoms with Gasteiger partial charge in [0.15, 0.2) is 0 Å². The molecule has 0 aliphatic carbocycles. The van der Waals surface area contributed by atoms with Crippen molar-refractivity contribution < 1.29 is 4.39 Å². The molecule has 1 rings (SSSR count). The number of hydrogen-bond donors (Lipinski definition) is 1. The van der Waals surface area contributed by atoms with Crippen molar-refractivity contribution in [2.24, 2.45) is 0 Å². The zero-order chi connectivity index (χ0) is 12.0. The minimum atomic E-state index is -0.163. The van der Waals surface area contributed by atoms with Crippen molar-refractivity contribution in [1.29, 1.82) is 0 Å². The second-order valence-corrected chi connectivity index (χ2v) is 3.73. The van der Waals surface area contributed by atoms with Crippen LogP contribution in [0.15, 0.2) is 18.2 Å². The number of halogens is 1. The van der Waals surface area contributed by atoms with Crippen LogP contribution < -0.4 is 10.2 Å². The topological polar surface area (TPSA) is 15.3 Å². The second-order valence-electron chi connectivity index (χ2n) is 3.73. The predicted molar refractivity (Wildman–Crippen MR) is 67.3 cm³/mol. The van der Waals surface area contributed by atoms with Crippen molar-refractivity contribution in [2.75, 3.05) is 24.5 Å². The maximum absolute atomic E-state index is 13.2. The van der Waals surface area contributed by atoms with Gasteiger partial charge in [0.2, 0.25) is 0 Å². The average molecular weight is 224 g/mol. The summed E-state index contributed by atoms with van der Waals surface area (Å²) >= 11 is 0. The van der Waals surface area contributed by atoms with Crippen LogP contribution in [0.5, 0.6) is 0 Å². The summed E-state index contributed by atoms with van der Waals surface area (Å²) in [6, 6.07) is 5.02. The van der Waals surface area contributed by atoms with Crippen LogP contribution in [-0.4, -0.2) is 19.6 Å². The van der Waals surface area contributed by atoms with E-state index in [1.807, 2.05) is 6.07 Å². The lowest BCUT2D eigenvalue weighted by Gasteiger charge is -2.24. The summed E-state index contributed by atoms with van der Waals surface area (Å²) in [5.41, 5.74) is 2.16. The number of benzene rings is 1. The Morgan fingerprint density at radius 3 is 2.44 bits per heavy atom. The molecule has 1 aromatic carbocycles. The summed E-state index contributed by atoms with van der Waals surface area (Å²) in [5.74, 6) is -0.163. The van der Waals surface area contributed by atoms with Gasteiger partial charge >= 0.3 is 0 Å². The molecular formula is C13H21FN2. The lowest BCUT2D eigenvalue weighted by Crippen LogP contribution is -2.24. The van der Waals surface area contributed by atoms with Gasteiger partial charge in [0, 0.05) is 25.3 Å². The summed E-state index contributed by atoms with van der Waals surface area (Å²) in [7, 11) is 0. The normalized spacial score (nSPS) is 10.5. The molecular weight excluding hydrogens is 203 g/mol. The highest BCUT2D eigenvalue weighted by Gasteiger charge is 2.08. The van der Waals surface area contributed by atoms with Crippen molar-refractivity contribution in [3.8, 4) is 0 Å². The predicted octanol–water partition coefficient (Wildman–Crippen LogP) is 2.78. The maximum Gasteiger partial charge on any atom is 0.123 e. The molecule has 16 heavy (non-hydrogen) atoms. The average Bonchev–Trinajstić information content (AvgIpc) is 2.30. The number of nitrogens with zero attached hydrogens (tertiary/aromatic N) is 1. The fourth-order valence-corrected chi connectivity index (χ4v) is 1.83. The lowest BCUT2D eigenvalue weighted by atomic mass is 10.1. The summed E-state index contributed by atoms with van der Waals surface area (Å²) in [5, 5.41) is 3.24. The molecule has 0 bridgehead atoms. The van der Waals surface area contributed by atoms with E-state index in [0.717, 1.165) is 37.4 Å². The molecule has 0 amide bonds. The Hall–Kier alpha value is -1.09. The van der Waals surface area contributed by atoms with Crippen LogP contribution in [0.1, 0.15) is 26.3 Å². The lowest BCUT2D eigenvalue weighted by molar-refractivity contribution is 0.621. The van der Waals surface area contributed by atoms with Crippen molar-refractivity contribution in [3.05, 3.63) is 29.6 Å². The van der Waals surface area contributed by atoms with Gasteiger partial charge in [-0.3, -0.25) is 0 Å². The molecule has 1 N–H and O–H groups in total. The summed E-state index contributed by atoms with van der Waals surface area (Å²) in [6.45, 7) is 9.79. The zero-order valence-corrected chi connectivity index (χ0v) is 10.4. The van der Waals surface area contributed by atoms with Crippen LogP contribution in [0.25, 0.3) is 0 Å². The molecule has 0 aliphatic rings. The second kappa shape index (κ2) is 6.48. The third-order valence-corrected chi connectivity index (χ3v) is 2.71. The van der Waals surface area contributed by atoms with E-state index in [1.54, 1.807) is 6.07 Å². The molecule has 0 saturated heterocycles. The van der Waals surface area contributed by atoms with Crippen molar-refractivity contribution in [3.63, 3.8) is 0 Å². The third-order valence-electron chi connectivity index (χ3n) is 2.71. The molecule has 0 aliphatic heterocycles. The summed E-state index contributed by atoms with van der Waals surface area (Å²) < 4.78 is 13.2. The quantitative estimate of drug-likeness (QED) is 0.799. The SMILES string of the molecule is CCNCc1cc(F)ccc1N(CC)CC. The molecule has 0 aromatic heterocycles. The number of rotatable bonds is 6. The van der Waals surface area contributed by atoms with E-state index in [-0.39, 0.29) is 5.82 Å². The summed E-state index contributed by atoms with van der Waals surface area (Å²) in [6.07, 6.45) is 0. The van der Waals surface area contributed by atoms with Crippen molar-refractivity contribution >= 4 is 5.69 Å². The van der Waals surface area contributed by atoms with E-state index in [2.05, 4.69) is 31.0 Å². The Kier molecular flexibility index (Phi) is 5.26. The van der Waals surface area contributed by atoms with Gasteiger partial charge < -0.3 is 10.2 Å². The number of anilines is 1. The Balaban J connectivity index is 2.96. The Morgan fingerprint density at radius 1 is 1.19 bits per heavy atom. The van der Waals surface area contributed by atoms with Gasteiger partial charge in [-0.1, -0.05) is 6.92 Å². The fourth-order valence-electron chi connectivity index (χ4n) is 1.83. The minimum Gasteiger partial charge on any atom is -0.372 e. The molecule has 0 radical (unpaired) electrons. The van der Waals surface area contributed by atoms with Crippen LogP contribution in [-0.2, 0) is 6.54 Å². The van der Waals surface area contributed by atoms with Crippen LogP contribution in [0.4, 0.5) is 10.1 Å². The smallest absolute Gasteiger partial charge is 0.123 e. The first-order chi connectivity index (χ1) is 7.72. The monoisotopic (exact) mass is 224 g/mol. The molecule has 0 atom stereocenters. The third kappa shape index (κ3) is 3.20. The molecule has 0 spiro atoms. The zero-order valence-electron chi connectivity index (χ0n) is 10.4. The van der Waals surface area contributed by atoms with E-state index in [4.69, 9.17) is 0 Å². The highest BCUT2D eigenvalue weighted by molar-refractivity contribution is 5.53. The standard InChI is InChI=1S/C13H21FN2/c1-4-15-10-11-9-12(14)7-8-13(11)16(5-2)6-3/h7-9,15H,4-6,10H2,1-3H3. The van der Waals surface area contributed by atoms with Gasteiger partial charge in [0.05, 0.1) is 0 Å². The summed E-state index contributed by atoms with van der Waals surface area (Å²) in [4.78, 5) is 2.24. The first-order valence-electron chi connectivity index (χ1n) is 5.97. The van der Waals surface area contributed by atoms with E-state index >= 15 is 0 Å². The molecule has 1 aromatic rings. The Labute approximate surface area is 97.5 Å². The minimum absolute atomic E-state index is 0.163. The van der Waals surface area contributed by atoms with Gasteiger partial charge in [-0.05, 0) is 44.2 Å². The first-order valence-corrected chi connectivity index (χ1v) is 5.97. The fraction of sp³-hybridized carbons (Fsp3) is 0.538. The van der Waals surface area contributed by atoms with Crippen molar-refractivity contribution in [1.82, 2.24) is 5.32 Å². The van der Waals surface area contributed by atoms with Crippen LogP contribution >= 0.6 is 0 Å². The molecule has 90 valence electrons. The molecule has 2 nitrogen and oxygen atoms in total. The van der Waals surface area contributed by atoms with E-state index in [9.17, 15) is 4.39 Å². The number of hydrogen-bond acceptors (Lipinski definition) is 2. The van der Waals surface area contributed by atoms with Gasteiger partial charge in [-0.15, -0.1) is 0 Å². The van der Waals surface area contributed by atoms with Gasteiger partial charge in [0.1, 0.15) is 5.82 Å². The molecule has 3 heteroatoms. The van der Waals surface area contributed by atoms with Gasteiger partial charge in [-0.25, -0.2) is 4.39 Å². The van der Waals surface area contributed by atoms with E-state index in [0.29, 0.717) is 0 Å². The van der Waals surface area contributed by atoms with Gasteiger partial charge in [-0.2, -0.15) is 0 Å². The molecule has 0 heterocycles. The number of nitrogens with one attached hydrogen (secondary N) is 1. The Bertz CT molecular complexity index is 322. The Morgan fingerprint density at radius 2 is 1.88 bits per heavy atom. The largest absolute Gasteiger partial charge is 0.372 e. The molecule has 0 saturated carbocycles. The molecule has 0 unspecified atom stereocenters.